The van der Waals surface area contributed by atoms with E-state index in [1.807, 2.05) is 0 Å². The van der Waals surface area contributed by atoms with Crippen LogP contribution in [0.3, 0.4) is 0 Å². The van der Waals surface area contributed by atoms with Crippen molar-refractivity contribution in [3.8, 4) is 0 Å². The Labute approximate surface area is 293 Å². The van der Waals surface area contributed by atoms with Crippen LogP contribution in [0.4, 0.5) is 0 Å². The number of unbranched alkanes of at least 4 members (excludes halogenated alkanes) is 6. The fourth-order valence-corrected chi connectivity index (χ4v) is 4.96. The minimum Gasteiger partial charge on any atom is -0.587 e. The Balaban J connectivity index is 0.000000309. The minimum absolute atomic E-state index is 0. The molecular formula is C28H32Br3KN2O4. The number of rotatable bonds is 11. The average molecular weight is 739 g/mol. The zero-order valence-corrected chi connectivity index (χ0v) is 29.6. The third-order valence-corrected chi connectivity index (χ3v) is 7.43. The van der Waals surface area contributed by atoms with Crippen LogP contribution < -0.4 is 51.4 Å². The molecule has 0 spiro atoms. The molecule has 0 fully saturated rings. The number of halogens is 3. The predicted molar refractivity (Wildman–Crippen MR) is 159 cm³/mol. The topological polar surface area (TPSA) is 85.6 Å². The van der Waals surface area contributed by atoms with Crippen LogP contribution in [-0.4, -0.2) is 51.1 Å². The second kappa shape index (κ2) is 20.6. The van der Waals surface area contributed by atoms with Gasteiger partial charge in [0.15, 0.2) is 0 Å². The van der Waals surface area contributed by atoms with Gasteiger partial charge in [0, 0.05) is 33.7 Å². The summed E-state index contributed by atoms with van der Waals surface area (Å²) in [6.07, 6.45) is 9.61. The largest absolute Gasteiger partial charge is 1.00 e. The van der Waals surface area contributed by atoms with Crippen LogP contribution in [0.5, 0.6) is 0 Å². The predicted octanol–water partition coefficient (Wildman–Crippen LogP) is 4.93. The van der Waals surface area contributed by atoms with Crippen molar-refractivity contribution in [1.29, 1.82) is 0 Å². The summed E-state index contributed by atoms with van der Waals surface area (Å²) in [5.41, 5.74) is 1.92. The summed E-state index contributed by atoms with van der Waals surface area (Å²) in [5.74, 6) is -1.14. The van der Waals surface area contributed by atoms with Gasteiger partial charge in [-0.3, -0.25) is 14.5 Å². The van der Waals surface area contributed by atoms with E-state index < -0.39 is 11.8 Å². The van der Waals surface area contributed by atoms with Crippen molar-refractivity contribution in [3.63, 3.8) is 0 Å². The SMILES string of the molecule is BrCCCCCCBr.O=C1[N-]C(=O)c2ccccc21.O=C1c2ccccc2C(=O)N1CCCCCCBr.[K+]. The molecule has 0 aromatic heterocycles. The molecule has 0 bridgehead atoms. The first-order valence-electron chi connectivity index (χ1n) is 12.5. The van der Waals surface area contributed by atoms with E-state index >= 15 is 0 Å². The van der Waals surface area contributed by atoms with Gasteiger partial charge < -0.3 is 14.9 Å². The van der Waals surface area contributed by atoms with Crippen LogP contribution in [0.2, 0.25) is 0 Å². The van der Waals surface area contributed by atoms with Gasteiger partial charge in [-0.15, -0.1) is 0 Å². The Kier molecular flexibility index (Phi) is 19.5. The molecule has 2 aromatic carbocycles. The maximum Gasteiger partial charge on any atom is 1.00 e. The molecule has 0 N–H and O–H groups in total. The fourth-order valence-electron chi connectivity index (χ4n) is 3.77. The normalized spacial score (nSPS) is 13.0. The fraction of sp³-hybridized carbons (Fsp3) is 0.429. The molecule has 2 aliphatic heterocycles. The molecule has 0 saturated heterocycles. The minimum atomic E-state index is -0.425. The van der Waals surface area contributed by atoms with Crippen LogP contribution >= 0.6 is 47.8 Å². The molecule has 0 unspecified atom stereocenters. The second-order valence-electron chi connectivity index (χ2n) is 8.47. The Morgan fingerprint density at radius 1 is 0.526 bits per heavy atom. The number of benzene rings is 2. The van der Waals surface area contributed by atoms with Gasteiger partial charge in [0.2, 0.25) is 0 Å². The molecule has 0 atom stereocenters. The molecule has 4 amide bonds. The maximum absolute atomic E-state index is 12.0. The van der Waals surface area contributed by atoms with E-state index in [4.69, 9.17) is 0 Å². The standard InChI is InChI=1S/C14H16BrNO2.C8H5NO2.C6H12Br2.K/c15-9-5-1-2-6-10-16-13(17)11-7-3-4-8-12(11)14(16)18;10-7-5-3-1-2-4-6(5)8(11)9-7;7-5-3-1-2-4-6-8;/h3-4,7-8H,1-2,5-6,9-10H2;1-4H,(H,9,10,11);1-6H2;/q;;;+1/p-1. The summed E-state index contributed by atoms with van der Waals surface area (Å²) in [4.78, 5) is 47.2. The molecule has 2 aromatic rings. The quantitative estimate of drug-likeness (QED) is 0.142. The molecule has 38 heavy (non-hydrogen) atoms. The molecule has 2 aliphatic rings. The van der Waals surface area contributed by atoms with E-state index in [0.29, 0.717) is 28.8 Å². The summed E-state index contributed by atoms with van der Waals surface area (Å²) < 4.78 is 0. The van der Waals surface area contributed by atoms with Gasteiger partial charge in [-0.05, 0) is 37.8 Å². The van der Waals surface area contributed by atoms with Crippen LogP contribution in [-0.2, 0) is 0 Å². The molecular weight excluding hydrogens is 707 g/mol. The smallest absolute Gasteiger partial charge is 0.587 e. The van der Waals surface area contributed by atoms with Crippen LogP contribution in [0.25, 0.3) is 5.32 Å². The average Bonchev–Trinajstić information content (AvgIpc) is 3.35. The Hall–Kier alpha value is -0.204. The van der Waals surface area contributed by atoms with Gasteiger partial charge in [0.25, 0.3) is 11.8 Å². The number of hydrogen-bond acceptors (Lipinski definition) is 4. The van der Waals surface area contributed by atoms with Crippen molar-refractivity contribution in [2.75, 3.05) is 22.5 Å². The van der Waals surface area contributed by atoms with E-state index in [9.17, 15) is 19.2 Å². The number of nitrogens with zero attached hydrogens (tertiary/aromatic N) is 2. The second-order valence-corrected chi connectivity index (χ2v) is 10.8. The van der Waals surface area contributed by atoms with E-state index in [2.05, 4.69) is 53.1 Å². The number of carbonyl (C=O) groups is 4. The monoisotopic (exact) mass is 736 g/mol. The molecule has 6 nitrogen and oxygen atoms in total. The van der Waals surface area contributed by atoms with Crippen molar-refractivity contribution in [1.82, 2.24) is 4.90 Å². The van der Waals surface area contributed by atoms with Gasteiger partial charge in [-0.25, -0.2) is 0 Å². The Morgan fingerprint density at radius 2 is 0.868 bits per heavy atom. The first-order chi connectivity index (χ1) is 18.0. The first-order valence-corrected chi connectivity index (χ1v) is 15.8. The summed E-state index contributed by atoms with van der Waals surface area (Å²) in [6, 6.07) is 13.7. The number of imide groups is 2. The summed E-state index contributed by atoms with van der Waals surface area (Å²) in [6.45, 7) is 0.536. The molecule has 10 heteroatoms. The molecule has 200 valence electrons. The van der Waals surface area contributed by atoms with E-state index in [-0.39, 0.29) is 63.2 Å². The van der Waals surface area contributed by atoms with E-state index in [1.54, 1.807) is 48.5 Å². The van der Waals surface area contributed by atoms with Gasteiger partial charge in [0.05, 0.1) is 22.9 Å². The number of amides is 4. The maximum atomic E-state index is 12.0. The Morgan fingerprint density at radius 3 is 1.24 bits per heavy atom. The van der Waals surface area contributed by atoms with E-state index in [0.717, 1.165) is 41.7 Å². The summed E-state index contributed by atoms with van der Waals surface area (Å²) in [5, 5.41) is 6.62. The molecule has 4 rings (SSSR count). The molecule has 0 aliphatic carbocycles. The molecule has 2 heterocycles. The van der Waals surface area contributed by atoms with Crippen molar-refractivity contribution >= 4 is 71.4 Å². The van der Waals surface area contributed by atoms with Gasteiger partial charge in [0.1, 0.15) is 0 Å². The summed E-state index contributed by atoms with van der Waals surface area (Å²) >= 11 is 10.2. The number of carbonyl (C=O) groups excluding carboxylic acids is 4. The van der Waals surface area contributed by atoms with Gasteiger partial charge in [-0.2, -0.15) is 0 Å². The van der Waals surface area contributed by atoms with Gasteiger partial charge in [-0.1, -0.05) is 110 Å². The van der Waals surface area contributed by atoms with Crippen LogP contribution in [0.15, 0.2) is 48.5 Å². The zero-order chi connectivity index (χ0) is 27.0. The van der Waals surface area contributed by atoms with Crippen LogP contribution in [0, 0.1) is 0 Å². The van der Waals surface area contributed by atoms with Crippen molar-refractivity contribution in [2.24, 2.45) is 0 Å². The third kappa shape index (κ3) is 11.3. The van der Waals surface area contributed by atoms with Gasteiger partial charge >= 0.3 is 51.4 Å². The summed E-state index contributed by atoms with van der Waals surface area (Å²) in [7, 11) is 0. The van der Waals surface area contributed by atoms with E-state index in [1.165, 1.54) is 30.6 Å². The molecule has 0 saturated carbocycles. The molecule has 0 radical (unpaired) electrons. The first kappa shape index (κ1) is 35.8. The van der Waals surface area contributed by atoms with Crippen LogP contribution in [0.1, 0.15) is 92.8 Å². The zero-order valence-electron chi connectivity index (χ0n) is 21.8. The number of fused-ring (bicyclic) bond motifs is 2. The van der Waals surface area contributed by atoms with Crippen molar-refractivity contribution in [3.05, 3.63) is 76.1 Å². The van der Waals surface area contributed by atoms with Crippen molar-refractivity contribution in [2.45, 2.75) is 51.4 Å². The third-order valence-electron chi connectivity index (χ3n) is 5.75. The number of alkyl halides is 3. The van der Waals surface area contributed by atoms with Crippen molar-refractivity contribution < 1.29 is 70.6 Å². The number of hydrogen-bond donors (Lipinski definition) is 0. The Bertz CT molecular complexity index is 994.